The molecule has 2 heterocycles. The van der Waals surface area contributed by atoms with Crippen LogP contribution in [0.1, 0.15) is 31.2 Å². The maximum absolute atomic E-state index is 12.3. The van der Waals surface area contributed by atoms with E-state index >= 15 is 0 Å². The van der Waals surface area contributed by atoms with Crippen LogP contribution < -0.4 is 5.32 Å². The largest absolute Gasteiger partial charge is 0.355 e. The molecule has 0 bridgehead atoms. The van der Waals surface area contributed by atoms with Crippen molar-refractivity contribution in [3.05, 3.63) is 58.2 Å². The van der Waals surface area contributed by atoms with Crippen LogP contribution in [0, 0.1) is 0 Å². The summed E-state index contributed by atoms with van der Waals surface area (Å²) in [6, 6.07) is 11.2. The highest BCUT2D eigenvalue weighted by Gasteiger charge is 2.16. The van der Waals surface area contributed by atoms with E-state index in [1.165, 1.54) is 11.8 Å². The van der Waals surface area contributed by atoms with Gasteiger partial charge in [-0.25, -0.2) is 0 Å². The summed E-state index contributed by atoms with van der Waals surface area (Å²) >= 11 is 13.7. The molecule has 0 radical (unpaired) electrons. The lowest BCUT2D eigenvalue weighted by Crippen LogP contribution is -2.30. The fourth-order valence-corrected chi connectivity index (χ4v) is 4.20. The van der Waals surface area contributed by atoms with Crippen LogP contribution in [0.25, 0.3) is 5.65 Å². The number of nitrogens with one attached hydrogen (secondary N) is 1. The molecule has 0 aliphatic heterocycles. The fraction of sp³-hybridized carbons (Fsp3) is 0.316. The Morgan fingerprint density at radius 2 is 2.11 bits per heavy atom. The molecule has 0 saturated heterocycles. The minimum Gasteiger partial charge on any atom is -0.355 e. The Balaban J connectivity index is 1.57. The highest BCUT2D eigenvalue weighted by molar-refractivity contribution is 7.99. The van der Waals surface area contributed by atoms with E-state index in [0.717, 1.165) is 24.1 Å². The molecule has 8 heteroatoms. The molecule has 142 valence electrons. The van der Waals surface area contributed by atoms with Crippen LogP contribution in [-0.2, 0) is 4.79 Å². The first-order valence-electron chi connectivity index (χ1n) is 8.72. The number of fused-ring (bicyclic) bond motifs is 1. The number of aromatic nitrogens is 3. The topological polar surface area (TPSA) is 59.3 Å². The molecule has 3 aromatic rings. The third-order valence-corrected chi connectivity index (χ3v) is 5.71. The molecule has 3 rings (SSSR count). The van der Waals surface area contributed by atoms with Gasteiger partial charge in [0, 0.05) is 28.7 Å². The molecule has 0 aliphatic carbocycles. The molecule has 27 heavy (non-hydrogen) atoms. The average Bonchev–Trinajstić information content (AvgIpc) is 3.07. The first-order chi connectivity index (χ1) is 13.1. The lowest BCUT2D eigenvalue weighted by molar-refractivity contribution is -0.118. The van der Waals surface area contributed by atoms with Crippen molar-refractivity contribution in [2.45, 2.75) is 30.8 Å². The Bertz CT molecular complexity index is 931. The average molecular weight is 423 g/mol. The highest BCUT2D eigenvalue weighted by atomic mass is 35.5. The third-order valence-electron chi connectivity index (χ3n) is 4.20. The normalized spacial score (nSPS) is 12.3. The van der Waals surface area contributed by atoms with Gasteiger partial charge in [-0.3, -0.25) is 9.20 Å². The monoisotopic (exact) mass is 422 g/mol. The second kappa shape index (κ2) is 9.44. The molecule has 0 aliphatic rings. The van der Waals surface area contributed by atoms with Crippen LogP contribution in [-0.4, -0.2) is 32.8 Å². The number of carbonyl (C=O) groups is 1. The summed E-state index contributed by atoms with van der Waals surface area (Å²) in [5.41, 5.74) is 1.78. The zero-order valence-electron chi connectivity index (χ0n) is 14.9. The second-order valence-electron chi connectivity index (χ2n) is 6.16. The van der Waals surface area contributed by atoms with Crippen LogP contribution in [0.5, 0.6) is 0 Å². The Morgan fingerprint density at radius 3 is 2.89 bits per heavy atom. The van der Waals surface area contributed by atoms with Gasteiger partial charge in [-0.1, -0.05) is 60.4 Å². The Hall–Kier alpha value is -1.76. The van der Waals surface area contributed by atoms with Gasteiger partial charge in [0.05, 0.1) is 5.75 Å². The number of hydrogen-bond donors (Lipinski definition) is 1. The number of benzene rings is 1. The van der Waals surface area contributed by atoms with E-state index < -0.39 is 0 Å². The Labute approximate surface area is 172 Å². The molecule has 1 aromatic carbocycles. The van der Waals surface area contributed by atoms with Crippen molar-refractivity contribution in [3.63, 3.8) is 0 Å². The standard InChI is InChI=1S/C19H20Cl2N4OS/c1-2-5-13(15-8-7-14(20)10-16(15)21)11-22-18(26)12-27-19-24-23-17-6-3-4-9-25(17)19/h3-4,6-10,13H,2,5,11-12H2,1H3,(H,22,26). The van der Waals surface area contributed by atoms with Crippen LogP contribution in [0.4, 0.5) is 0 Å². The summed E-state index contributed by atoms with van der Waals surface area (Å²) in [7, 11) is 0. The smallest absolute Gasteiger partial charge is 0.230 e. The minimum absolute atomic E-state index is 0.0427. The van der Waals surface area contributed by atoms with Gasteiger partial charge in [-0.15, -0.1) is 10.2 Å². The van der Waals surface area contributed by atoms with Gasteiger partial charge < -0.3 is 5.32 Å². The van der Waals surface area contributed by atoms with Crippen LogP contribution >= 0.6 is 35.0 Å². The summed E-state index contributed by atoms with van der Waals surface area (Å²) in [5, 5.41) is 13.2. The maximum Gasteiger partial charge on any atom is 0.230 e. The number of hydrogen-bond acceptors (Lipinski definition) is 4. The highest BCUT2D eigenvalue weighted by Crippen LogP contribution is 2.30. The Morgan fingerprint density at radius 1 is 1.26 bits per heavy atom. The summed E-state index contributed by atoms with van der Waals surface area (Å²) in [6.45, 7) is 2.65. The van der Waals surface area contributed by atoms with Crippen LogP contribution in [0.2, 0.25) is 10.0 Å². The Kier molecular flexibility index (Phi) is 6.99. The number of pyridine rings is 1. The lowest BCUT2D eigenvalue weighted by atomic mass is 9.94. The summed E-state index contributed by atoms with van der Waals surface area (Å²) in [4.78, 5) is 12.3. The van der Waals surface area contributed by atoms with Crippen molar-refractivity contribution in [1.29, 1.82) is 0 Å². The molecule has 1 atom stereocenters. The van der Waals surface area contributed by atoms with Gasteiger partial charge in [-0.05, 0) is 36.2 Å². The van der Waals surface area contributed by atoms with Crippen molar-refractivity contribution in [3.8, 4) is 0 Å². The quantitative estimate of drug-likeness (QED) is 0.528. The zero-order chi connectivity index (χ0) is 19.2. The van der Waals surface area contributed by atoms with E-state index in [4.69, 9.17) is 23.2 Å². The SMILES string of the molecule is CCCC(CNC(=O)CSc1nnc2ccccn12)c1ccc(Cl)cc1Cl. The van der Waals surface area contributed by atoms with Crippen molar-refractivity contribution in [2.75, 3.05) is 12.3 Å². The number of halogens is 2. The molecule has 0 saturated carbocycles. The van der Waals surface area contributed by atoms with Gasteiger partial charge in [0.15, 0.2) is 10.8 Å². The first kappa shape index (κ1) is 20.0. The van der Waals surface area contributed by atoms with E-state index in [9.17, 15) is 4.79 Å². The van der Waals surface area contributed by atoms with E-state index in [1.54, 1.807) is 6.07 Å². The van der Waals surface area contributed by atoms with Gasteiger partial charge in [-0.2, -0.15) is 0 Å². The van der Waals surface area contributed by atoms with Crippen LogP contribution in [0.3, 0.4) is 0 Å². The number of rotatable bonds is 8. The predicted molar refractivity (Wildman–Crippen MR) is 111 cm³/mol. The molecule has 0 fully saturated rings. The maximum atomic E-state index is 12.3. The molecule has 1 unspecified atom stereocenters. The molecular weight excluding hydrogens is 403 g/mol. The van der Waals surface area contributed by atoms with Crippen molar-refractivity contribution < 1.29 is 4.79 Å². The van der Waals surface area contributed by atoms with Gasteiger partial charge >= 0.3 is 0 Å². The van der Waals surface area contributed by atoms with E-state index in [2.05, 4.69) is 22.4 Å². The van der Waals surface area contributed by atoms with Crippen molar-refractivity contribution in [1.82, 2.24) is 19.9 Å². The first-order valence-corrected chi connectivity index (χ1v) is 10.5. The summed E-state index contributed by atoms with van der Waals surface area (Å²) < 4.78 is 1.87. The van der Waals surface area contributed by atoms with Crippen molar-refractivity contribution >= 4 is 46.5 Å². The molecule has 5 nitrogen and oxygen atoms in total. The fourth-order valence-electron chi connectivity index (χ4n) is 2.88. The van der Waals surface area contributed by atoms with Gasteiger partial charge in [0.25, 0.3) is 0 Å². The third kappa shape index (κ3) is 5.15. The molecular formula is C19H20Cl2N4OS. The second-order valence-corrected chi connectivity index (χ2v) is 7.94. The number of thioether (sulfide) groups is 1. The van der Waals surface area contributed by atoms with E-state index in [0.29, 0.717) is 21.7 Å². The minimum atomic E-state index is -0.0427. The van der Waals surface area contributed by atoms with Crippen LogP contribution in [0.15, 0.2) is 47.8 Å². The lowest BCUT2D eigenvalue weighted by Gasteiger charge is -2.19. The van der Waals surface area contributed by atoms with Crippen molar-refractivity contribution in [2.24, 2.45) is 0 Å². The summed E-state index contributed by atoms with van der Waals surface area (Å²) in [5.74, 6) is 0.393. The molecule has 0 spiro atoms. The molecule has 1 amide bonds. The van der Waals surface area contributed by atoms with Gasteiger partial charge in [0.2, 0.25) is 5.91 Å². The number of nitrogens with zero attached hydrogens (tertiary/aromatic N) is 3. The number of carbonyl (C=O) groups excluding carboxylic acids is 1. The number of amides is 1. The zero-order valence-corrected chi connectivity index (χ0v) is 17.2. The van der Waals surface area contributed by atoms with E-state index in [-0.39, 0.29) is 17.6 Å². The predicted octanol–water partition coefficient (Wildman–Crippen LogP) is 4.83. The molecule has 1 N–H and O–H groups in total. The molecule has 2 aromatic heterocycles. The van der Waals surface area contributed by atoms with Gasteiger partial charge in [0.1, 0.15) is 0 Å². The summed E-state index contributed by atoms with van der Waals surface area (Å²) in [6.07, 6.45) is 3.82. The van der Waals surface area contributed by atoms with E-state index in [1.807, 2.05) is 40.9 Å².